The molecule has 108 valence electrons. The Morgan fingerprint density at radius 3 is 2.95 bits per heavy atom. The summed E-state index contributed by atoms with van der Waals surface area (Å²) in [6.07, 6.45) is 0.288. The molecule has 0 fully saturated rings. The number of nitrogens with two attached hydrogens (primary N) is 1. The van der Waals surface area contributed by atoms with Crippen molar-refractivity contribution in [3.63, 3.8) is 0 Å². The minimum Gasteiger partial charge on any atom is -0.327 e. The number of hydrogen-bond donors (Lipinski definition) is 3. The van der Waals surface area contributed by atoms with E-state index in [0.717, 1.165) is 10.6 Å². The first-order valence-electron chi connectivity index (χ1n) is 6.58. The van der Waals surface area contributed by atoms with E-state index in [-0.39, 0.29) is 30.2 Å². The maximum absolute atomic E-state index is 11.9. The summed E-state index contributed by atoms with van der Waals surface area (Å²) < 4.78 is 0. The zero-order chi connectivity index (χ0) is 14.7. The molecule has 1 unspecified atom stereocenters. The molecular formula is C14H19N3O2S. The maximum Gasteiger partial charge on any atom is 0.234 e. The van der Waals surface area contributed by atoms with E-state index in [1.807, 2.05) is 26.0 Å². The molecule has 2 amide bonds. The molecule has 1 atom stereocenters. The first kappa shape index (κ1) is 14.9. The molecule has 4 N–H and O–H groups in total. The number of fused-ring (bicyclic) bond motifs is 1. The van der Waals surface area contributed by atoms with Gasteiger partial charge in [0.1, 0.15) is 0 Å². The van der Waals surface area contributed by atoms with Crippen molar-refractivity contribution < 1.29 is 9.59 Å². The van der Waals surface area contributed by atoms with Crippen LogP contribution < -0.4 is 16.4 Å². The van der Waals surface area contributed by atoms with Crippen molar-refractivity contribution >= 4 is 35.0 Å². The second-order valence-electron chi connectivity index (χ2n) is 5.21. The van der Waals surface area contributed by atoms with Crippen molar-refractivity contribution in [2.24, 2.45) is 11.7 Å². The minimum absolute atomic E-state index is 0.0205. The van der Waals surface area contributed by atoms with Gasteiger partial charge in [-0.2, -0.15) is 0 Å². The average molecular weight is 293 g/mol. The largest absolute Gasteiger partial charge is 0.327 e. The molecule has 20 heavy (non-hydrogen) atoms. The van der Waals surface area contributed by atoms with E-state index in [0.29, 0.717) is 11.4 Å². The third-order valence-electron chi connectivity index (χ3n) is 3.17. The normalized spacial score (nSPS) is 15.5. The number of rotatable bonds is 4. The predicted octanol–water partition coefficient (Wildman–Crippen LogP) is 2.04. The minimum atomic E-state index is -0.150. The highest BCUT2D eigenvalue weighted by Gasteiger charge is 2.17. The van der Waals surface area contributed by atoms with E-state index in [9.17, 15) is 9.59 Å². The predicted molar refractivity (Wildman–Crippen MR) is 81.9 cm³/mol. The number of amides is 2. The molecule has 1 aliphatic heterocycles. The third-order valence-corrected chi connectivity index (χ3v) is 4.25. The number of carbonyl (C=O) groups is 2. The third kappa shape index (κ3) is 3.74. The van der Waals surface area contributed by atoms with Crippen LogP contribution in [0, 0.1) is 5.92 Å². The van der Waals surface area contributed by atoms with Crippen LogP contribution in [0.3, 0.4) is 0 Å². The lowest BCUT2D eigenvalue weighted by molar-refractivity contribution is -0.116. The summed E-state index contributed by atoms with van der Waals surface area (Å²) in [5, 5.41) is 5.61. The molecule has 0 bridgehead atoms. The lowest BCUT2D eigenvalue weighted by Crippen LogP contribution is -2.31. The monoisotopic (exact) mass is 293 g/mol. The Kier molecular flexibility index (Phi) is 4.67. The van der Waals surface area contributed by atoms with Crippen molar-refractivity contribution in [1.29, 1.82) is 0 Å². The van der Waals surface area contributed by atoms with Gasteiger partial charge in [-0.3, -0.25) is 9.59 Å². The fourth-order valence-electron chi connectivity index (χ4n) is 1.82. The van der Waals surface area contributed by atoms with Crippen molar-refractivity contribution in [2.45, 2.75) is 31.2 Å². The molecule has 0 aromatic heterocycles. The van der Waals surface area contributed by atoms with Crippen molar-refractivity contribution in [3.05, 3.63) is 18.2 Å². The highest BCUT2D eigenvalue weighted by atomic mass is 32.2. The van der Waals surface area contributed by atoms with Gasteiger partial charge in [0.25, 0.3) is 0 Å². The highest BCUT2D eigenvalue weighted by molar-refractivity contribution is 8.00. The molecule has 5 nitrogen and oxygen atoms in total. The molecule has 1 aromatic carbocycles. The van der Waals surface area contributed by atoms with Crippen LogP contribution in [0.5, 0.6) is 0 Å². The van der Waals surface area contributed by atoms with Crippen molar-refractivity contribution in [3.8, 4) is 0 Å². The first-order valence-corrected chi connectivity index (χ1v) is 7.56. The first-order chi connectivity index (χ1) is 9.45. The average Bonchev–Trinajstić information content (AvgIpc) is 2.37. The Bertz CT molecular complexity index is 531. The number of anilines is 2. The summed E-state index contributed by atoms with van der Waals surface area (Å²) in [5.41, 5.74) is 7.30. The number of benzene rings is 1. The molecule has 6 heteroatoms. The van der Waals surface area contributed by atoms with Crippen LogP contribution in [0.25, 0.3) is 0 Å². The molecular weight excluding hydrogens is 274 g/mol. The fourth-order valence-corrected chi connectivity index (χ4v) is 2.61. The zero-order valence-corrected chi connectivity index (χ0v) is 12.4. The summed E-state index contributed by atoms with van der Waals surface area (Å²) in [7, 11) is 0. The van der Waals surface area contributed by atoms with Gasteiger partial charge in [0.2, 0.25) is 11.8 Å². The van der Waals surface area contributed by atoms with Crippen molar-refractivity contribution in [2.75, 3.05) is 16.4 Å². The van der Waals surface area contributed by atoms with Crippen LogP contribution in [-0.4, -0.2) is 23.6 Å². The van der Waals surface area contributed by atoms with Gasteiger partial charge in [0.15, 0.2) is 0 Å². The number of nitrogens with one attached hydrogen (secondary N) is 2. The Balaban J connectivity index is 2.02. The van der Waals surface area contributed by atoms with Gasteiger partial charge in [-0.1, -0.05) is 13.8 Å². The van der Waals surface area contributed by atoms with E-state index in [4.69, 9.17) is 5.73 Å². The van der Waals surface area contributed by atoms with E-state index in [2.05, 4.69) is 10.6 Å². The van der Waals surface area contributed by atoms with Crippen LogP contribution in [0.2, 0.25) is 0 Å². The maximum atomic E-state index is 11.9. The van der Waals surface area contributed by atoms with Gasteiger partial charge >= 0.3 is 0 Å². The van der Waals surface area contributed by atoms with Gasteiger partial charge in [-0.15, -0.1) is 11.8 Å². The van der Waals surface area contributed by atoms with E-state index in [1.165, 1.54) is 11.8 Å². The summed E-state index contributed by atoms with van der Waals surface area (Å²) >= 11 is 1.49. The quantitative estimate of drug-likeness (QED) is 0.793. The SMILES string of the molecule is CC(C)C(N)CC(=O)Nc1ccc2c(c1)NC(=O)CS2. The van der Waals surface area contributed by atoms with Gasteiger partial charge in [-0.25, -0.2) is 0 Å². The smallest absolute Gasteiger partial charge is 0.234 e. The molecule has 2 rings (SSSR count). The summed E-state index contributed by atoms with van der Waals surface area (Å²) in [6, 6.07) is 5.36. The molecule has 0 saturated heterocycles. The van der Waals surface area contributed by atoms with E-state index >= 15 is 0 Å². The Morgan fingerprint density at radius 1 is 1.50 bits per heavy atom. The Labute approximate surface area is 122 Å². The van der Waals surface area contributed by atoms with Gasteiger partial charge in [0, 0.05) is 23.0 Å². The number of thioether (sulfide) groups is 1. The Morgan fingerprint density at radius 2 is 2.25 bits per heavy atom. The van der Waals surface area contributed by atoms with Gasteiger partial charge < -0.3 is 16.4 Å². The Hall–Kier alpha value is -1.53. The molecule has 1 aliphatic rings. The van der Waals surface area contributed by atoms with Crippen LogP contribution >= 0.6 is 11.8 Å². The summed E-state index contributed by atoms with van der Waals surface area (Å²) in [5.74, 6) is 0.566. The van der Waals surface area contributed by atoms with Crippen LogP contribution in [0.4, 0.5) is 11.4 Å². The molecule has 0 radical (unpaired) electrons. The molecule has 0 spiro atoms. The molecule has 0 saturated carbocycles. The van der Waals surface area contributed by atoms with Crippen LogP contribution in [0.1, 0.15) is 20.3 Å². The van der Waals surface area contributed by atoms with Crippen molar-refractivity contribution in [1.82, 2.24) is 0 Å². The number of hydrogen-bond acceptors (Lipinski definition) is 4. The van der Waals surface area contributed by atoms with Gasteiger partial charge in [0.05, 0.1) is 11.4 Å². The van der Waals surface area contributed by atoms with Gasteiger partial charge in [-0.05, 0) is 24.1 Å². The van der Waals surface area contributed by atoms with Crippen LogP contribution in [0.15, 0.2) is 23.1 Å². The lowest BCUT2D eigenvalue weighted by Gasteiger charge is -2.18. The second kappa shape index (κ2) is 6.28. The van der Waals surface area contributed by atoms with E-state index < -0.39 is 0 Å². The summed E-state index contributed by atoms with van der Waals surface area (Å²) in [6.45, 7) is 3.98. The standard InChI is InChI=1S/C14H19N3O2S/c1-8(2)10(15)6-13(18)16-9-3-4-12-11(5-9)17-14(19)7-20-12/h3-5,8,10H,6-7,15H2,1-2H3,(H,16,18)(H,17,19). The zero-order valence-electron chi connectivity index (χ0n) is 11.6. The lowest BCUT2D eigenvalue weighted by atomic mass is 10.0. The fraction of sp³-hybridized carbons (Fsp3) is 0.429. The molecule has 1 heterocycles. The highest BCUT2D eigenvalue weighted by Crippen LogP contribution is 2.33. The second-order valence-corrected chi connectivity index (χ2v) is 6.23. The topological polar surface area (TPSA) is 84.2 Å². The van der Waals surface area contributed by atoms with E-state index in [1.54, 1.807) is 6.07 Å². The van der Waals surface area contributed by atoms with Crippen LogP contribution in [-0.2, 0) is 9.59 Å². The summed E-state index contributed by atoms with van der Waals surface area (Å²) in [4.78, 5) is 24.2. The number of carbonyl (C=O) groups excluding carboxylic acids is 2. The molecule has 0 aliphatic carbocycles. The molecule has 1 aromatic rings.